The summed E-state index contributed by atoms with van der Waals surface area (Å²) in [4.78, 5) is 24.0. The molecule has 4 rings (SSSR count). The molecular formula is C26H25NO5S. The largest absolute Gasteiger partial charge is 0.493 e. The lowest BCUT2D eigenvalue weighted by Crippen LogP contribution is -2.43. The van der Waals surface area contributed by atoms with Crippen molar-refractivity contribution in [3.8, 4) is 16.9 Å². The molecule has 170 valence electrons. The molecule has 1 atom stereocenters. The number of nitrogens with one attached hydrogen (secondary N) is 1. The lowest BCUT2D eigenvalue weighted by Gasteiger charge is -2.17. The highest BCUT2D eigenvalue weighted by Crippen LogP contribution is 2.44. The molecule has 33 heavy (non-hydrogen) atoms. The third-order valence-electron chi connectivity index (χ3n) is 5.46. The van der Waals surface area contributed by atoms with Crippen molar-refractivity contribution in [2.24, 2.45) is 0 Å². The van der Waals surface area contributed by atoms with Gasteiger partial charge in [-0.1, -0.05) is 66.7 Å². The third-order valence-corrected chi connectivity index (χ3v) is 6.48. The molecule has 2 N–H and O–H groups in total. The van der Waals surface area contributed by atoms with Gasteiger partial charge in [0.2, 0.25) is 0 Å². The molecule has 3 aromatic rings. The zero-order valence-electron chi connectivity index (χ0n) is 18.0. The second kappa shape index (κ2) is 10.9. The van der Waals surface area contributed by atoms with E-state index in [1.807, 2.05) is 66.7 Å². The van der Waals surface area contributed by atoms with E-state index >= 15 is 0 Å². The molecule has 1 unspecified atom stereocenters. The van der Waals surface area contributed by atoms with Gasteiger partial charge in [-0.15, -0.1) is 0 Å². The van der Waals surface area contributed by atoms with Crippen LogP contribution in [0.25, 0.3) is 11.1 Å². The molecule has 3 aromatic carbocycles. The number of rotatable bonds is 10. The van der Waals surface area contributed by atoms with E-state index < -0.39 is 18.1 Å². The number of carbonyl (C=O) groups excluding carboxylic acids is 1. The van der Waals surface area contributed by atoms with Crippen LogP contribution in [0, 0.1) is 0 Å². The van der Waals surface area contributed by atoms with Crippen molar-refractivity contribution in [3.05, 3.63) is 90.0 Å². The average Bonchev–Trinajstić information content (AvgIpc) is 3.16. The predicted octanol–water partition coefficient (Wildman–Crippen LogP) is 4.79. The van der Waals surface area contributed by atoms with Gasteiger partial charge in [-0.2, -0.15) is 11.8 Å². The van der Waals surface area contributed by atoms with E-state index in [1.165, 1.54) is 11.8 Å². The highest BCUT2D eigenvalue weighted by atomic mass is 32.2. The summed E-state index contributed by atoms with van der Waals surface area (Å²) in [6, 6.07) is 24.5. The van der Waals surface area contributed by atoms with Gasteiger partial charge in [0.25, 0.3) is 0 Å². The quantitative estimate of drug-likeness (QED) is 0.421. The summed E-state index contributed by atoms with van der Waals surface area (Å²) in [7, 11) is 0. The average molecular weight is 464 g/mol. The number of ether oxygens (including phenoxy) is 2. The van der Waals surface area contributed by atoms with E-state index in [4.69, 9.17) is 9.47 Å². The zero-order valence-corrected chi connectivity index (χ0v) is 18.8. The van der Waals surface area contributed by atoms with Crippen molar-refractivity contribution in [3.63, 3.8) is 0 Å². The maximum absolute atomic E-state index is 12.4. The van der Waals surface area contributed by atoms with Gasteiger partial charge in [0.15, 0.2) is 0 Å². The van der Waals surface area contributed by atoms with Crippen molar-refractivity contribution >= 4 is 23.8 Å². The van der Waals surface area contributed by atoms with Crippen LogP contribution in [0.15, 0.2) is 78.9 Å². The van der Waals surface area contributed by atoms with Crippen molar-refractivity contribution < 1.29 is 24.2 Å². The van der Waals surface area contributed by atoms with Gasteiger partial charge in [-0.25, -0.2) is 9.59 Å². The third kappa shape index (κ3) is 5.68. The molecule has 1 amide bonds. The van der Waals surface area contributed by atoms with Gasteiger partial charge in [0.1, 0.15) is 18.4 Å². The Morgan fingerprint density at radius 3 is 2.15 bits per heavy atom. The maximum Gasteiger partial charge on any atom is 0.407 e. The Morgan fingerprint density at radius 1 is 0.909 bits per heavy atom. The molecule has 0 bridgehead atoms. The van der Waals surface area contributed by atoms with Crippen molar-refractivity contribution in [2.75, 3.05) is 24.7 Å². The molecule has 1 aliphatic carbocycles. The van der Waals surface area contributed by atoms with Crippen LogP contribution in [-0.4, -0.2) is 47.9 Å². The van der Waals surface area contributed by atoms with Gasteiger partial charge in [-0.05, 0) is 34.4 Å². The fourth-order valence-corrected chi connectivity index (χ4v) is 4.72. The number of carbonyl (C=O) groups is 2. The second-order valence-electron chi connectivity index (χ2n) is 7.60. The van der Waals surface area contributed by atoms with Crippen LogP contribution >= 0.6 is 11.8 Å². The van der Waals surface area contributed by atoms with E-state index in [-0.39, 0.29) is 18.3 Å². The molecule has 0 saturated heterocycles. The summed E-state index contributed by atoms with van der Waals surface area (Å²) in [5, 5.41) is 12.0. The first-order valence-corrected chi connectivity index (χ1v) is 11.9. The van der Waals surface area contributed by atoms with Crippen molar-refractivity contribution in [1.29, 1.82) is 0 Å². The van der Waals surface area contributed by atoms with Gasteiger partial charge >= 0.3 is 12.1 Å². The van der Waals surface area contributed by atoms with E-state index in [0.717, 1.165) is 28.0 Å². The molecule has 0 radical (unpaired) electrons. The monoisotopic (exact) mass is 463 g/mol. The molecule has 0 fully saturated rings. The Bertz CT molecular complexity index is 1060. The number of fused-ring (bicyclic) bond motifs is 3. The molecule has 7 heteroatoms. The van der Waals surface area contributed by atoms with Crippen LogP contribution in [0.1, 0.15) is 17.0 Å². The fourth-order valence-electron chi connectivity index (χ4n) is 3.89. The number of thioether (sulfide) groups is 1. The molecule has 0 aliphatic heterocycles. The Balaban J connectivity index is 1.26. The van der Waals surface area contributed by atoms with Crippen LogP contribution in [0.5, 0.6) is 5.75 Å². The van der Waals surface area contributed by atoms with Crippen LogP contribution in [0.4, 0.5) is 4.79 Å². The highest BCUT2D eigenvalue weighted by Gasteiger charge is 2.29. The topological polar surface area (TPSA) is 84.9 Å². The SMILES string of the molecule is O=C(NC(CSCCOc1ccccc1)C(=O)O)OCC1c2ccccc2-c2ccccc21. The van der Waals surface area contributed by atoms with E-state index in [9.17, 15) is 14.7 Å². The standard InChI is InChI=1S/C26H25NO5S/c28-25(29)24(17-33-15-14-31-18-8-2-1-3-9-18)27-26(30)32-16-23-21-12-6-4-10-19(21)20-11-5-7-13-22(20)23/h1-13,23-24H,14-17H2,(H,27,30)(H,28,29). The van der Waals surface area contributed by atoms with Gasteiger partial charge in [0, 0.05) is 17.4 Å². The van der Waals surface area contributed by atoms with Gasteiger partial charge in [-0.3, -0.25) is 0 Å². The van der Waals surface area contributed by atoms with Crippen LogP contribution in [0.2, 0.25) is 0 Å². The number of hydrogen-bond donors (Lipinski definition) is 2. The number of benzene rings is 3. The molecule has 0 heterocycles. The minimum Gasteiger partial charge on any atom is -0.493 e. The number of para-hydroxylation sites is 1. The smallest absolute Gasteiger partial charge is 0.407 e. The first kappa shape index (κ1) is 22.7. The lowest BCUT2D eigenvalue weighted by molar-refractivity contribution is -0.138. The lowest BCUT2D eigenvalue weighted by atomic mass is 9.98. The normalized spacial score (nSPS) is 13.0. The summed E-state index contributed by atoms with van der Waals surface area (Å²) in [6.07, 6.45) is -0.731. The highest BCUT2D eigenvalue weighted by molar-refractivity contribution is 7.99. The van der Waals surface area contributed by atoms with Crippen LogP contribution in [-0.2, 0) is 9.53 Å². The Morgan fingerprint density at radius 2 is 1.52 bits per heavy atom. The molecular weight excluding hydrogens is 438 g/mol. The predicted molar refractivity (Wildman–Crippen MR) is 129 cm³/mol. The summed E-state index contributed by atoms with van der Waals surface area (Å²) >= 11 is 1.40. The first-order chi connectivity index (χ1) is 16.1. The Kier molecular flexibility index (Phi) is 7.52. The number of carboxylic acids is 1. The van der Waals surface area contributed by atoms with Crippen molar-refractivity contribution in [2.45, 2.75) is 12.0 Å². The first-order valence-electron chi connectivity index (χ1n) is 10.7. The van der Waals surface area contributed by atoms with E-state index in [0.29, 0.717) is 12.4 Å². The zero-order chi connectivity index (χ0) is 23.0. The minimum atomic E-state index is -1.10. The van der Waals surface area contributed by atoms with Gasteiger partial charge in [0.05, 0.1) is 6.61 Å². The number of aliphatic carboxylic acids is 1. The summed E-state index contributed by atoms with van der Waals surface area (Å²) in [5.41, 5.74) is 4.49. The Hall–Kier alpha value is -3.45. The molecule has 0 spiro atoms. The van der Waals surface area contributed by atoms with Crippen molar-refractivity contribution in [1.82, 2.24) is 5.32 Å². The molecule has 0 saturated carbocycles. The summed E-state index contributed by atoms with van der Waals surface area (Å²) in [5.74, 6) is 0.420. The molecule has 0 aromatic heterocycles. The number of hydrogen-bond acceptors (Lipinski definition) is 5. The van der Waals surface area contributed by atoms with Crippen LogP contribution in [0.3, 0.4) is 0 Å². The number of carboxylic acid groups (broad SMARTS) is 1. The van der Waals surface area contributed by atoms with Crippen LogP contribution < -0.4 is 10.1 Å². The maximum atomic E-state index is 12.4. The molecule has 6 nitrogen and oxygen atoms in total. The van der Waals surface area contributed by atoms with E-state index in [2.05, 4.69) is 17.4 Å². The van der Waals surface area contributed by atoms with Gasteiger partial charge < -0.3 is 19.9 Å². The summed E-state index contributed by atoms with van der Waals surface area (Å²) in [6.45, 7) is 0.593. The second-order valence-corrected chi connectivity index (χ2v) is 8.75. The number of amides is 1. The fraction of sp³-hybridized carbons (Fsp3) is 0.231. The van der Waals surface area contributed by atoms with E-state index in [1.54, 1.807) is 0 Å². The molecule has 1 aliphatic rings. The minimum absolute atomic E-state index is 0.0732. The summed E-state index contributed by atoms with van der Waals surface area (Å²) < 4.78 is 11.1. The number of alkyl carbamates (subject to hydrolysis) is 1. The Labute approximate surface area is 196 Å².